The zero-order valence-electron chi connectivity index (χ0n) is 18.3. The summed E-state index contributed by atoms with van der Waals surface area (Å²) in [7, 11) is 0. The van der Waals surface area contributed by atoms with Crippen LogP contribution in [-0.4, -0.2) is 60.2 Å². The van der Waals surface area contributed by atoms with Crippen LogP contribution in [0.5, 0.6) is 0 Å². The van der Waals surface area contributed by atoms with Gasteiger partial charge >= 0.3 is 0 Å². The average Bonchev–Trinajstić information content (AvgIpc) is 2.87. The predicted molar refractivity (Wildman–Crippen MR) is 123 cm³/mol. The summed E-state index contributed by atoms with van der Waals surface area (Å²) in [6, 6.07) is 20.1. The van der Waals surface area contributed by atoms with E-state index in [4.69, 9.17) is 0 Å². The molecule has 4 rings (SSSR count). The van der Waals surface area contributed by atoms with Crippen molar-refractivity contribution in [3.8, 4) is 11.1 Å². The average molecular weight is 463 g/mol. The molecule has 0 aromatic heterocycles. The van der Waals surface area contributed by atoms with Gasteiger partial charge < -0.3 is 15.1 Å². The summed E-state index contributed by atoms with van der Waals surface area (Å²) in [6.45, 7) is 0.528. The van der Waals surface area contributed by atoms with Gasteiger partial charge in [0.2, 0.25) is 5.91 Å². The molecule has 0 bridgehead atoms. The topological polar surface area (TPSA) is 69.7 Å². The van der Waals surface area contributed by atoms with E-state index in [1.807, 2.05) is 42.5 Å². The highest BCUT2D eigenvalue weighted by molar-refractivity contribution is 5.97. The lowest BCUT2D eigenvalue weighted by Crippen LogP contribution is -2.52. The molecule has 1 fully saturated rings. The van der Waals surface area contributed by atoms with Crippen molar-refractivity contribution in [3.05, 3.63) is 95.6 Å². The Morgan fingerprint density at radius 1 is 0.706 bits per heavy atom. The van der Waals surface area contributed by atoms with Gasteiger partial charge in [0.25, 0.3) is 11.8 Å². The maximum atomic E-state index is 13.9. The van der Waals surface area contributed by atoms with Gasteiger partial charge in [-0.15, -0.1) is 0 Å². The summed E-state index contributed by atoms with van der Waals surface area (Å²) in [4.78, 5) is 40.3. The van der Waals surface area contributed by atoms with Crippen LogP contribution >= 0.6 is 0 Å². The second-order valence-electron chi connectivity index (χ2n) is 7.90. The van der Waals surface area contributed by atoms with Gasteiger partial charge in [-0.05, 0) is 35.4 Å². The minimum Gasteiger partial charge on any atom is -0.343 e. The fraction of sp³-hybridized carbons (Fsp3) is 0.192. The number of hydrogen-bond acceptors (Lipinski definition) is 3. The first-order valence-electron chi connectivity index (χ1n) is 10.9. The number of nitrogens with zero attached hydrogens (tertiary/aromatic N) is 2. The van der Waals surface area contributed by atoms with Crippen molar-refractivity contribution in [2.24, 2.45) is 0 Å². The molecular weight excluding hydrogens is 440 g/mol. The molecule has 3 aromatic rings. The predicted octanol–water partition coefficient (Wildman–Crippen LogP) is 3.35. The van der Waals surface area contributed by atoms with E-state index >= 15 is 0 Å². The standard InChI is InChI=1S/C26H23F2N3O3/c27-21-7-4-8-22(28)24(21)26(34)31-15-13-30(14-16-31)23(32)17-29-25(33)20-11-9-19(10-12-20)18-5-2-1-3-6-18/h1-12H,13-17H2,(H,29,33). The first-order valence-corrected chi connectivity index (χ1v) is 10.9. The third kappa shape index (κ3) is 5.11. The number of rotatable bonds is 5. The molecule has 1 saturated heterocycles. The first-order chi connectivity index (χ1) is 16.4. The maximum absolute atomic E-state index is 13.9. The highest BCUT2D eigenvalue weighted by atomic mass is 19.1. The number of halogens is 2. The molecule has 3 amide bonds. The second-order valence-corrected chi connectivity index (χ2v) is 7.90. The molecule has 0 saturated carbocycles. The highest BCUT2D eigenvalue weighted by Gasteiger charge is 2.28. The van der Waals surface area contributed by atoms with E-state index in [9.17, 15) is 23.2 Å². The molecule has 0 spiro atoms. The Morgan fingerprint density at radius 3 is 1.88 bits per heavy atom. The first kappa shape index (κ1) is 23.1. The van der Waals surface area contributed by atoms with Crippen LogP contribution in [0.15, 0.2) is 72.8 Å². The summed E-state index contributed by atoms with van der Waals surface area (Å²) in [5.41, 5.74) is 1.87. The van der Waals surface area contributed by atoms with Crippen molar-refractivity contribution in [1.29, 1.82) is 0 Å². The molecular formula is C26H23F2N3O3. The second kappa shape index (κ2) is 10.2. The number of hydrogen-bond donors (Lipinski definition) is 1. The Kier molecular flexibility index (Phi) is 6.96. The van der Waals surface area contributed by atoms with Crippen LogP contribution in [-0.2, 0) is 4.79 Å². The molecule has 0 radical (unpaired) electrons. The van der Waals surface area contributed by atoms with E-state index in [-0.39, 0.29) is 44.5 Å². The van der Waals surface area contributed by atoms with Crippen LogP contribution < -0.4 is 5.32 Å². The van der Waals surface area contributed by atoms with Gasteiger partial charge in [0.1, 0.15) is 17.2 Å². The summed E-state index contributed by atoms with van der Waals surface area (Å²) in [5.74, 6) is -3.23. The fourth-order valence-corrected chi connectivity index (χ4v) is 3.83. The van der Waals surface area contributed by atoms with Crippen molar-refractivity contribution in [2.75, 3.05) is 32.7 Å². The van der Waals surface area contributed by atoms with Gasteiger partial charge in [0, 0.05) is 31.7 Å². The van der Waals surface area contributed by atoms with E-state index in [0.29, 0.717) is 5.56 Å². The molecule has 174 valence electrons. The van der Waals surface area contributed by atoms with Crippen molar-refractivity contribution in [3.63, 3.8) is 0 Å². The molecule has 0 atom stereocenters. The minimum absolute atomic E-state index is 0.146. The number of piperazine rings is 1. The van der Waals surface area contributed by atoms with Gasteiger partial charge in [-0.2, -0.15) is 0 Å². The number of carbonyl (C=O) groups is 3. The third-order valence-electron chi connectivity index (χ3n) is 5.75. The van der Waals surface area contributed by atoms with E-state index in [0.717, 1.165) is 23.3 Å². The van der Waals surface area contributed by atoms with E-state index in [1.165, 1.54) is 15.9 Å². The summed E-state index contributed by atoms with van der Waals surface area (Å²) >= 11 is 0. The molecule has 0 unspecified atom stereocenters. The Hall–Kier alpha value is -4.07. The lowest BCUT2D eigenvalue weighted by atomic mass is 10.0. The summed E-state index contributed by atoms with van der Waals surface area (Å²) in [5, 5.41) is 2.62. The lowest BCUT2D eigenvalue weighted by molar-refractivity contribution is -0.131. The van der Waals surface area contributed by atoms with Crippen LogP contribution in [0.2, 0.25) is 0 Å². The molecule has 34 heavy (non-hydrogen) atoms. The van der Waals surface area contributed by atoms with Gasteiger partial charge in [-0.25, -0.2) is 8.78 Å². The van der Waals surface area contributed by atoms with Crippen molar-refractivity contribution >= 4 is 17.7 Å². The van der Waals surface area contributed by atoms with Crippen LogP contribution in [0.3, 0.4) is 0 Å². The van der Waals surface area contributed by atoms with E-state index in [2.05, 4.69) is 5.32 Å². The Morgan fingerprint density at radius 2 is 1.26 bits per heavy atom. The Labute approximate surface area is 195 Å². The van der Waals surface area contributed by atoms with Gasteiger partial charge in [0.05, 0.1) is 6.54 Å². The molecule has 0 aliphatic carbocycles. The summed E-state index contributed by atoms with van der Waals surface area (Å²) < 4.78 is 27.8. The Balaban J connectivity index is 1.27. The molecule has 6 nitrogen and oxygen atoms in total. The van der Waals surface area contributed by atoms with Crippen LogP contribution in [0.1, 0.15) is 20.7 Å². The monoisotopic (exact) mass is 463 g/mol. The lowest BCUT2D eigenvalue weighted by Gasteiger charge is -2.35. The number of nitrogens with one attached hydrogen (secondary N) is 1. The molecule has 1 N–H and O–H groups in total. The van der Waals surface area contributed by atoms with E-state index in [1.54, 1.807) is 12.1 Å². The molecule has 1 heterocycles. The largest absolute Gasteiger partial charge is 0.343 e. The van der Waals surface area contributed by atoms with Gasteiger partial charge in [-0.3, -0.25) is 14.4 Å². The molecule has 1 aliphatic rings. The quantitative estimate of drug-likeness (QED) is 0.631. The number of amides is 3. The zero-order valence-corrected chi connectivity index (χ0v) is 18.3. The smallest absolute Gasteiger partial charge is 0.259 e. The van der Waals surface area contributed by atoms with Crippen LogP contribution in [0.25, 0.3) is 11.1 Å². The maximum Gasteiger partial charge on any atom is 0.259 e. The SMILES string of the molecule is O=C(NCC(=O)N1CCN(C(=O)c2c(F)cccc2F)CC1)c1ccc(-c2ccccc2)cc1. The highest BCUT2D eigenvalue weighted by Crippen LogP contribution is 2.19. The normalized spacial score (nSPS) is 13.5. The summed E-state index contributed by atoms with van der Waals surface area (Å²) in [6.07, 6.45) is 0. The van der Waals surface area contributed by atoms with E-state index < -0.39 is 23.1 Å². The van der Waals surface area contributed by atoms with Gasteiger partial charge in [0.15, 0.2) is 0 Å². The molecule has 3 aromatic carbocycles. The zero-order chi connectivity index (χ0) is 24.1. The third-order valence-corrected chi connectivity index (χ3v) is 5.75. The van der Waals surface area contributed by atoms with Crippen LogP contribution in [0, 0.1) is 11.6 Å². The van der Waals surface area contributed by atoms with Crippen molar-refractivity contribution in [2.45, 2.75) is 0 Å². The Bertz CT molecular complexity index is 1170. The van der Waals surface area contributed by atoms with Crippen molar-refractivity contribution in [1.82, 2.24) is 15.1 Å². The molecule has 1 aliphatic heterocycles. The van der Waals surface area contributed by atoms with Gasteiger partial charge in [-0.1, -0.05) is 48.5 Å². The van der Waals surface area contributed by atoms with Crippen LogP contribution in [0.4, 0.5) is 8.78 Å². The fourth-order valence-electron chi connectivity index (χ4n) is 3.83. The molecule has 8 heteroatoms. The number of carbonyl (C=O) groups excluding carboxylic acids is 3. The minimum atomic E-state index is -0.914. The number of benzene rings is 3. The van der Waals surface area contributed by atoms with Crippen molar-refractivity contribution < 1.29 is 23.2 Å².